The number of amides is 1. The van der Waals surface area contributed by atoms with E-state index in [1.54, 1.807) is 20.3 Å². The summed E-state index contributed by atoms with van der Waals surface area (Å²) in [5.74, 6) is 1.21. The molecule has 0 bridgehead atoms. The predicted molar refractivity (Wildman–Crippen MR) is 147 cm³/mol. The Labute approximate surface area is 226 Å². The van der Waals surface area contributed by atoms with E-state index >= 15 is 0 Å². The van der Waals surface area contributed by atoms with Gasteiger partial charge in [-0.25, -0.2) is 9.78 Å². The lowest BCUT2D eigenvalue weighted by atomic mass is 10.1. The van der Waals surface area contributed by atoms with Crippen molar-refractivity contribution in [3.8, 4) is 22.8 Å². The fourth-order valence-corrected chi connectivity index (χ4v) is 4.93. The molecule has 2 aromatic heterocycles. The van der Waals surface area contributed by atoms with Gasteiger partial charge in [0.1, 0.15) is 23.8 Å². The average molecular weight is 536 g/mol. The molecule has 0 aliphatic carbocycles. The van der Waals surface area contributed by atoms with Crippen LogP contribution in [0.1, 0.15) is 17.5 Å². The van der Waals surface area contributed by atoms with Crippen LogP contribution in [-0.2, 0) is 17.9 Å². The van der Waals surface area contributed by atoms with Crippen molar-refractivity contribution in [3.63, 3.8) is 0 Å². The lowest BCUT2D eigenvalue weighted by Crippen LogP contribution is -2.32. The summed E-state index contributed by atoms with van der Waals surface area (Å²) >= 11 is 6.38. The number of nitrogens with zero attached hydrogens (tertiary/aromatic N) is 3. The van der Waals surface area contributed by atoms with Gasteiger partial charge in [0, 0.05) is 61.5 Å². The molecule has 198 valence electrons. The lowest BCUT2D eigenvalue weighted by Gasteiger charge is -2.19. The number of pyridine rings is 1. The van der Waals surface area contributed by atoms with E-state index in [0.717, 1.165) is 54.2 Å². The van der Waals surface area contributed by atoms with Gasteiger partial charge >= 0.3 is 6.09 Å². The lowest BCUT2D eigenvalue weighted by molar-refractivity contribution is 0.150. The molecule has 0 spiro atoms. The van der Waals surface area contributed by atoms with Gasteiger partial charge in [0.15, 0.2) is 0 Å². The fourth-order valence-electron chi connectivity index (χ4n) is 4.69. The van der Waals surface area contributed by atoms with Crippen molar-refractivity contribution in [2.45, 2.75) is 25.6 Å². The second kappa shape index (κ2) is 11.2. The Morgan fingerprint density at radius 1 is 1.11 bits per heavy atom. The first-order valence-corrected chi connectivity index (χ1v) is 12.7. The van der Waals surface area contributed by atoms with Crippen LogP contribution in [-0.4, -0.2) is 48.8 Å². The Morgan fingerprint density at radius 3 is 2.61 bits per heavy atom. The number of carbonyl (C=O) groups excluding carboxylic acids is 1. The number of benzene rings is 2. The van der Waals surface area contributed by atoms with Gasteiger partial charge in [-0.15, -0.1) is 0 Å². The summed E-state index contributed by atoms with van der Waals surface area (Å²) in [6.45, 7) is 2.83. The van der Waals surface area contributed by atoms with Gasteiger partial charge in [-0.3, -0.25) is 0 Å². The molecule has 0 saturated carbocycles. The van der Waals surface area contributed by atoms with Crippen LogP contribution in [0.4, 0.5) is 10.5 Å². The highest BCUT2D eigenvalue weighted by atomic mass is 35.5. The molecule has 3 heterocycles. The Morgan fingerprint density at radius 2 is 1.87 bits per heavy atom. The third kappa shape index (κ3) is 5.64. The van der Waals surface area contributed by atoms with Crippen LogP contribution in [0.2, 0.25) is 5.02 Å². The van der Waals surface area contributed by atoms with Crippen LogP contribution in [0.15, 0.2) is 60.9 Å². The summed E-state index contributed by atoms with van der Waals surface area (Å²) in [6, 6.07) is 16.2. The van der Waals surface area contributed by atoms with Crippen molar-refractivity contribution in [1.82, 2.24) is 14.7 Å². The number of nitrogens with two attached hydrogens (primary N) is 1. The first-order chi connectivity index (χ1) is 18.4. The van der Waals surface area contributed by atoms with Crippen molar-refractivity contribution in [2.24, 2.45) is 5.73 Å². The Kier molecular flexibility index (Phi) is 7.57. The minimum absolute atomic E-state index is 0.185. The molecule has 1 atom stereocenters. The third-order valence-electron chi connectivity index (χ3n) is 6.75. The van der Waals surface area contributed by atoms with Gasteiger partial charge in [-0.05, 0) is 29.7 Å². The first kappa shape index (κ1) is 25.7. The first-order valence-electron chi connectivity index (χ1n) is 12.3. The van der Waals surface area contributed by atoms with Crippen molar-refractivity contribution < 1.29 is 19.0 Å². The maximum atomic E-state index is 10.8. The van der Waals surface area contributed by atoms with Gasteiger partial charge in [-0.2, -0.15) is 0 Å². The van der Waals surface area contributed by atoms with Crippen molar-refractivity contribution >= 4 is 29.0 Å². The molecule has 5 rings (SSSR count). The van der Waals surface area contributed by atoms with Crippen molar-refractivity contribution in [3.05, 3.63) is 77.1 Å². The number of aromatic nitrogens is 2. The standard InChI is InChI=1S/C28H30ClN5O4/c1-36-25-13-26(37-2)23(29)12-22(25)24-16-34-10-8-21(11-27(34)32-24)33-9-7-20(15-33)31-14-18-3-5-19(6-4-18)17-38-28(30)35/h3-6,8,10-13,16,20,31H,7,9,14-15,17H2,1-2H3,(H2,30,35). The number of hydrogen-bond donors (Lipinski definition) is 2. The topological polar surface area (TPSA) is 103 Å². The highest BCUT2D eigenvalue weighted by molar-refractivity contribution is 6.32. The van der Waals surface area contributed by atoms with Crippen LogP contribution in [0.5, 0.6) is 11.5 Å². The highest BCUT2D eigenvalue weighted by Crippen LogP contribution is 2.38. The van der Waals surface area contributed by atoms with E-state index in [4.69, 9.17) is 36.5 Å². The maximum absolute atomic E-state index is 10.8. The zero-order chi connectivity index (χ0) is 26.6. The molecule has 1 amide bonds. The predicted octanol–water partition coefficient (Wildman–Crippen LogP) is 4.64. The average Bonchev–Trinajstić information content (AvgIpc) is 3.58. The van der Waals surface area contributed by atoms with Crippen molar-refractivity contribution in [2.75, 3.05) is 32.2 Å². The van der Waals surface area contributed by atoms with E-state index in [2.05, 4.69) is 22.3 Å². The number of hydrogen-bond acceptors (Lipinski definition) is 7. The zero-order valence-electron chi connectivity index (χ0n) is 21.3. The molecule has 1 aliphatic rings. The molecule has 2 aromatic carbocycles. The minimum atomic E-state index is -0.767. The van der Waals surface area contributed by atoms with Crippen LogP contribution < -0.4 is 25.4 Å². The monoisotopic (exact) mass is 535 g/mol. The normalized spacial score (nSPS) is 15.1. The van der Waals surface area contributed by atoms with Crippen LogP contribution in [0.25, 0.3) is 16.9 Å². The zero-order valence-corrected chi connectivity index (χ0v) is 22.1. The number of methoxy groups -OCH3 is 2. The van der Waals surface area contributed by atoms with Crippen LogP contribution in [0, 0.1) is 0 Å². The van der Waals surface area contributed by atoms with E-state index < -0.39 is 6.09 Å². The summed E-state index contributed by atoms with van der Waals surface area (Å²) in [5, 5.41) is 4.16. The molecule has 1 saturated heterocycles. The number of anilines is 1. The summed E-state index contributed by atoms with van der Waals surface area (Å²) in [5.41, 5.74) is 10.7. The number of imidazole rings is 1. The quantitative estimate of drug-likeness (QED) is 0.322. The number of nitrogens with one attached hydrogen (secondary N) is 1. The molecule has 0 radical (unpaired) electrons. The van der Waals surface area contributed by atoms with Crippen LogP contribution in [0.3, 0.4) is 0 Å². The molecular weight excluding hydrogens is 506 g/mol. The number of halogens is 1. The second-order valence-electron chi connectivity index (χ2n) is 9.20. The summed E-state index contributed by atoms with van der Waals surface area (Å²) < 4.78 is 17.7. The number of primary amides is 1. The third-order valence-corrected chi connectivity index (χ3v) is 7.04. The molecule has 9 nitrogen and oxygen atoms in total. The van der Waals surface area contributed by atoms with Gasteiger partial charge in [0.25, 0.3) is 0 Å². The minimum Gasteiger partial charge on any atom is -0.496 e. The molecule has 1 aliphatic heterocycles. The largest absolute Gasteiger partial charge is 0.496 e. The summed E-state index contributed by atoms with van der Waals surface area (Å²) in [6.07, 6.45) is 4.29. The van der Waals surface area contributed by atoms with E-state index in [-0.39, 0.29) is 6.61 Å². The fraction of sp³-hybridized carbons (Fsp3) is 0.286. The van der Waals surface area contributed by atoms with E-state index in [0.29, 0.717) is 22.6 Å². The molecule has 10 heteroatoms. The molecule has 1 fully saturated rings. The number of carbonyl (C=O) groups is 1. The van der Waals surface area contributed by atoms with Gasteiger partial charge in [0.05, 0.1) is 24.9 Å². The van der Waals surface area contributed by atoms with E-state index in [1.807, 2.05) is 47.1 Å². The summed E-state index contributed by atoms with van der Waals surface area (Å²) in [4.78, 5) is 18.0. The Balaban J connectivity index is 1.23. The van der Waals surface area contributed by atoms with E-state index in [9.17, 15) is 4.79 Å². The van der Waals surface area contributed by atoms with Gasteiger partial charge < -0.3 is 34.6 Å². The summed E-state index contributed by atoms with van der Waals surface area (Å²) in [7, 11) is 3.20. The maximum Gasteiger partial charge on any atom is 0.404 e. The van der Waals surface area contributed by atoms with E-state index in [1.165, 1.54) is 5.56 Å². The van der Waals surface area contributed by atoms with Gasteiger partial charge in [0.2, 0.25) is 0 Å². The Bertz CT molecular complexity index is 1440. The molecule has 1 unspecified atom stereocenters. The smallest absolute Gasteiger partial charge is 0.404 e. The number of rotatable bonds is 9. The highest BCUT2D eigenvalue weighted by Gasteiger charge is 2.23. The molecular formula is C28H30ClN5O4. The molecule has 3 N–H and O–H groups in total. The number of ether oxygens (including phenoxy) is 3. The Hall–Kier alpha value is -3.95. The van der Waals surface area contributed by atoms with Gasteiger partial charge in [-0.1, -0.05) is 35.9 Å². The SMILES string of the molecule is COc1cc(OC)c(-c2cn3ccc(N4CCC(NCc5ccc(COC(N)=O)cc5)C4)cc3n2)cc1Cl. The molecule has 38 heavy (non-hydrogen) atoms. The van der Waals surface area contributed by atoms with Crippen molar-refractivity contribution in [1.29, 1.82) is 0 Å². The second-order valence-corrected chi connectivity index (χ2v) is 9.61. The molecule has 4 aromatic rings. The van der Waals surface area contributed by atoms with Crippen LogP contribution >= 0.6 is 11.6 Å². The number of fused-ring (bicyclic) bond motifs is 1.